The summed E-state index contributed by atoms with van der Waals surface area (Å²) in [7, 11) is 0. The first-order chi connectivity index (χ1) is 12.2. The second-order valence-electron chi connectivity index (χ2n) is 6.61. The zero-order valence-corrected chi connectivity index (χ0v) is 14.4. The van der Waals surface area contributed by atoms with E-state index in [1.807, 2.05) is 24.3 Å². The third-order valence-corrected chi connectivity index (χ3v) is 4.75. The van der Waals surface area contributed by atoms with E-state index in [1.165, 1.54) is 5.56 Å². The molecule has 1 aliphatic rings. The SMILES string of the molecule is O=C(O)CN(Cc1ccccn1)C1CCN(Cc2ccccc2)CC1. The van der Waals surface area contributed by atoms with Crippen LogP contribution in [0.1, 0.15) is 24.1 Å². The summed E-state index contributed by atoms with van der Waals surface area (Å²) in [6, 6.07) is 16.6. The van der Waals surface area contributed by atoms with Crippen LogP contribution in [0.3, 0.4) is 0 Å². The number of hydrogen-bond acceptors (Lipinski definition) is 4. The number of piperidine rings is 1. The molecule has 1 aromatic carbocycles. The van der Waals surface area contributed by atoms with Crippen LogP contribution < -0.4 is 0 Å². The van der Waals surface area contributed by atoms with E-state index in [-0.39, 0.29) is 6.54 Å². The highest BCUT2D eigenvalue weighted by molar-refractivity contribution is 5.69. The Balaban J connectivity index is 1.57. The van der Waals surface area contributed by atoms with Crippen LogP contribution in [0.15, 0.2) is 54.7 Å². The first-order valence-electron chi connectivity index (χ1n) is 8.83. The second-order valence-corrected chi connectivity index (χ2v) is 6.61. The molecular formula is C20H25N3O2. The van der Waals surface area contributed by atoms with Gasteiger partial charge in [0.25, 0.3) is 0 Å². The van der Waals surface area contributed by atoms with Crippen molar-refractivity contribution < 1.29 is 9.90 Å². The molecule has 25 heavy (non-hydrogen) atoms. The molecule has 1 fully saturated rings. The van der Waals surface area contributed by atoms with Gasteiger partial charge in [-0.1, -0.05) is 36.4 Å². The average Bonchev–Trinajstić information content (AvgIpc) is 2.63. The lowest BCUT2D eigenvalue weighted by molar-refractivity contribution is -0.139. The van der Waals surface area contributed by atoms with Gasteiger partial charge in [0.2, 0.25) is 0 Å². The Labute approximate surface area is 148 Å². The van der Waals surface area contributed by atoms with E-state index in [9.17, 15) is 9.90 Å². The van der Waals surface area contributed by atoms with E-state index in [4.69, 9.17) is 0 Å². The van der Waals surface area contributed by atoms with Gasteiger partial charge < -0.3 is 5.11 Å². The van der Waals surface area contributed by atoms with E-state index in [0.29, 0.717) is 12.6 Å². The van der Waals surface area contributed by atoms with Gasteiger partial charge in [0.15, 0.2) is 0 Å². The Morgan fingerprint density at radius 3 is 2.48 bits per heavy atom. The Kier molecular flexibility index (Phi) is 6.14. The van der Waals surface area contributed by atoms with Crippen LogP contribution in [0, 0.1) is 0 Å². The molecule has 0 spiro atoms. The summed E-state index contributed by atoms with van der Waals surface area (Å²) in [6.07, 6.45) is 3.75. The molecule has 2 aromatic rings. The lowest BCUT2D eigenvalue weighted by atomic mass is 10.0. The van der Waals surface area contributed by atoms with Crippen LogP contribution in [-0.4, -0.2) is 51.5 Å². The summed E-state index contributed by atoms with van der Waals surface area (Å²) in [5.74, 6) is -0.775. The van der Waals surface area contributed by atoms with Crippen LogP contribution in [0.2, 0.25) is 0 Å². The highest BCUT2D eigenvalue weighted by Gasteiger charge is 2.26. The van der Waals surface area contributed by atoms with Crippen LogP contribution in [0.4, 0.5) is 0 Å². The zero-order chi connectivity index (χ0) is 17.5. The normalized spacial score (nSPS) is 16.2. The summed E-state index contributed by atoms with van der Waals surface area (Å²) in [4.78, 5) is 20.1. The van der Waals surface area contributed by atoms with Crippen molar-refractivity contribution in [2.45, 2.75) is 32.0 Å². The fraction of sp³-hybridized carbons (Fsp3) is 0.400. The molecule has 1 aliphatic heterocycles. The number of aromatic nitrogens is 1. The molecule has 1 N–H and O–H groups in total. The average molecular weight is 339 g/mol. The lowest BCUT2D eigenvalue weighted by Gasteiger charge is -2.37. The van der Waals surface area contributed by atoms with E-state index in [2.05, 4.69) is 39.0 Å². The van der Waals surface area contributed by atoms with Gasteiger partial charge >= 0.3 is 5.97 Å². The van der Waals surface area contributed by atoms with Crippen LogP contribution in [-0.2, 0) is 17.9 Å². The smallest absolute Gasteiger partial charge is 0.317 e. The van der Waals surface area contributed by atoms with Gasteiger partial charge in [-0.2, -0.15) is 0 Å². The minimum atomic E-state index is -0.775. The fourth-order valence-corrected chi connectivity index (χ4v) is 3.47. The van der Waals surface area contributed by atoms with Gasteiger partial charge in [0.1, 0.15) is 0 Å². The van der Waals surface area contributed by atoms with Gasteiger partial charge in [-0.25, -0.2) is 0 Å². The minimum Gasteiger partial charge on any atom is -0.480 e. The number of pyridine rings is 1. The monoisotopic (exact) mass is 339 g/mol. The van der Waals surface area contributed by atoms with Crippen molar-refractivity contribution in [3.05, 3.63) is 66.0 Å². The molecule has 0 saturated carbocycles. The summed E-state index contributed by atoms with van der Waals surface area (Å²) in [6.45, 7) is 3.62. The van der Waals surface area contributed by atoms with E-state index >= 15 is 0 Å². The Bertz CT molecular complexity index is 655. The molecule has 5 heteroatoms. The summed E-state index contributed by atoms with van der Waals surface area (Å²) in [5, 5.41) is 9.27. The maximum atomic E-state index is 11.3. The molecule has 0 unspecified atom stereocenters. The lowest BCUT2D eigenvalue weighted by Crippen LogP contribution is -2.46. The Morgan fingerprint density at radius 1 is 1.12 bits per heavy atom. The third-order valence-electron chi connectivity index (χ3n) is 4.75. The number of aliphatic carboxylic acids is 1. The van der Waals surface area contributed by atoms with Crippen molar-refractivity contribution in [3.8, 4) is 0 Å². The summed E-state index contributed by atoms with van der Waals surface area (Å²) >= 11 is 0. The first-order valence-corrected chi connectivity index (χ1v) is 8.83. The van der Waals surface area contributed by atoms with Crippen LogP contribution in [0.5, 0.6) is 0 Å². The van der Waals surface area contributed by atoms with Crippen molar-refractivity contribution in [1.29, 1.82) is 0 Å². The van der Waals surface area contributed by atoms with E-state index in [0.717, 1.165) is 38.2 Å². The maximum absolute atomic E-state index is 11.3. The molecule has 0 aliphatic carbocycles. The fourth-order valence-electron chi connectivity index (χ4n) is 3.47. The largest absolute Gasteiger partial charge is 0.480 e. The predicted molar refractivity (Wildman–Crippen MR) is 97.0 cm³/mol. The maximum Gasteiger partial charge on any atom is 0.317 e. The van der Waals surface area contributed by atoms with E-state index < -0.39 is 5.97 Å². The van der Waals surface area contributed by atoms with Gasteiger partial charge in [-0.05, 0) is 43.6 Å². The molecule has 0 bridgehead atoms. The van der Waals surface area contributed by atoms with Gasteiger partial charge in [0.05, 0.1) is 12.2 Å². The van der Waals surface area contributed by atoms with Gasteiger partial charge in [-0.3, -0.25) is 19.6 Å². The van der Waals surface area contributed by atoms with Gasteiger partial charge in [-0.15, -0.1) is 0 Å². The minimum absolute atomic E-state index is 0.0694. The topological polar surface area (TPSA) is 56.7 Å². The zero-order valence-electron chi connectivity index (χ0n) is 14.4. The predicted octanol–water partition coefficient (Wildman–Crippen LogP) is 2.63. The number of hydrogen-bond donors (Lipinski definition) is 1. The molecule has 0 amide bonds. The molecule has 5 nitrogen and oxygen atoms in total. The first kappa shape index (κ1) is 17.6. The van der Waals surface area contributed by atoms with Crippen molar-refractivity contribution in [2.75, 3.05) is 19.6 Å². The highest BCUT2D eigenvalue weighted by Crippen LogP contribution is 2.20. The van der Waals surface area contributed by atoms with E-state index in [1.54, 1.807) is 6.20 Å². The number of likely N-dealkylation sites (tertiary alicyclic amines) is 1. The second kappa shape index (κ2) is 8.74. The standard InChI is InChI=1S/C20H25N3O2/c24-20(25)16-23(15-18-8-4-5-11-21-18)19-9-12-22(13-10-19)14-17-6-2-1-3-7-17/h1-8,11,19H,9-10,12-16H2,(H,24,25). The van der Waals surface area contributed by atoms with Crippen LogP contribution >= 0.6 is 0 Å². The third kappa shape index (κ3) is 5.37. The van der Waals surface area contributed by atoms with Gasteiger partial charge in [0, 0.05) is 25.3 Å². The number of carbonyl (C=O) groups is 1. The molecule has 0 atom stereocenters. The molecule has 132 valence electrons. The Morgan fingerprint density at radius 2 is 1.84 bits per heavy atom. The summed E-state index contributed by atoms with van der Waals surface area (Å²) in [5.41, 5.74) is 2.26. The van der Waals surface area contributed by atoms with Crippen molar-refractivity contribution in [3.63, 3.8) is 0 Å². The number of carboxylic acids is 1. The number of nitrogens with zero attached hydrogens (tertiary/aromatic N) is 3. The van der Waals surface area contributed by atoms with Crippen LogP contribution in [0.25, 0.3) is 0 Å². The molecule has 2 heterocycles. The van der Waals surface area contributed by atoms with Crippen molar-refractivity contribution in [1.82, 2.24) is 14.8 Å². The number of carboxylic acid groups (broad SMARTS) is 1. The van der Waals surface area contributed by atoms with Crippen molar-refractivity contribution >= 4 is 5.97 Å². The molecule has 1 saturated heterocycles. The quantitative estimate of drug-likeness (QED) is 0.840. The number of rotatable bonds is 7. The van der Waals surface area contributed by atoms with Crippen molar-refractivity contribution in [2.24, 2.45) is 0 Å². The molecule has 0 radical (unpaired) electrons. The Hall–Kier alpha value is -2.24. The molecule has 1 aromatic heterocycles. The molecule has 3 rings (SSSR count). The molecular weight excluding hydrogens is 314 g/mol. The summed E-state index contributed by atoms with van der Waals surface area (Å²) < 4.78 is 0. The highest BCUT2D eigenvalue weighted by atomic mass is 16.4. The number of benzene rings is 1.